The Morgan fingerprint density at radius 2 is 1.94 bits per heavy atom. The fraction of sp³-hybridized carbons (Fsp3) is 0.400. The van der Waals surface area contributed by atoms with Crippen molar-refractivity contribution in [2.75, 3.05) is 7.11 Å². The lowest BCUT2D eigenvalue weighted by Gasteiger charge is -2.06. The normalized spacial score (nSPS) is 24.1. The number of methoxy groups -OCH3 is 1. The van der Waals surface area contributed by atoms with Gasteiger partial charge in [0.05, 0.1) is 12.0 Å². The number of benzene rings is 1. The summed E-state index contributed by atoms with van der Waals surface area (Å²) in [4.78, 5) is 0.229. The van der Waals surface area contributed by atoms with Gasteiger partial charge in [0.1, 0.15) is 5.75 Å². The molecule has 1 aromatic carbocycles. The molecule has 2 unspecified atom stereocenters. The highest BCUT2D eigenvalue weighted by Gasteiger charge is 2.37. The molecule has 0 heterocycles. The lowest BCUT2D eigenvalue weighted by atomic mass is 10.3. The van der Waals surface area contributed by atoms with E-state index in [1.807, 2.05) is 0 Å². The zero-order valence-corrected chi connectivity index (χ0v) is 9.70. The molecule has 1 aliphatic rings. The number of hydrogen-bond donors (Lipinski definition) is 2. The van der Waals surface area contributed by atoms with Gasteiger partial charge in [-0.05, 0) is 30.7 Å². The highest BCUT2D eigenvalue weighted by molar-refractivity contribution is 7.89. The Morgan fingerprint density at radius 1 is 1.38 bits per heavy atom. The summed E-state index contributed by atoms with van der Waals surface area (Å²) >= 11 is 0. The minimum absolute atomic E-state index is 0.0481. The predicted molar refractivity (Wildman–Crippen MR) is 59.7 cm³/mol. The maximum Gasteiger partial charge on any atom is 0.240 e. The molecule has 0 spiro atoms. The van der Waals surface area contributed by atoms with Crippen molar-refractivity contribution in [1.29, 1.82) is 0 Å². The van der Waals surface area contributed by atoms with E-state index in [0.29, 0.717) is 12.2 Å². The highest BCUT2D eigenvalue weighted by Crippen LogP contribution is 2.22. The van der Waals surface area contributed by atoms with Crippen LogP contribution in [0.3, 0.4) is 0 Å². The molecule has 1 fully saturated rings. The quantitative estimate of drug-likeness (QED) is 0.783. The number of nitrogens with one attached hydrogen (secondary N) is 1. The van der Waals surface area contributed by atoms with Gasteiger partial charge in [-0.3, -0.25) is 0 Å². The van der Waals surface area contributed by atoms with Gasteiger partial charge < -0.3 is 10.5 Å². The van der Waals surface area contributed by atoms with E-state index in [9.17, 15) is 8.42 Å². The fourth-order valence-electron chi connectivity index (χ4n) is 1.37. The average molecular weight is 242 g/mol. The monoisotopic (exact) mass is 242 g/mol. The summed E-state index contributed by atoms with van der Waals surface area (Å²) in [5, 5.41) is 0. The zero-order chi connectivity index (χ0) is 11.8. The molecule has 0 bridgehead atoms. The SMILES string of the molecule is COc1ccc(S(=O)(=O)NC2CC2N)cc1. The molecule has 5 nitrogen and oxygen atoms in total. The van der Waals surface area contributed by atoms with Crippen LogP contribution in [0.15, 0.2) is 29.2 Å². The highest BCUT2D eigenvalue weighted by atomic mass is 32.2. The Bertz CT molecular complexity index is 469. The molecule has 1 aliphatic carbocycles. The summed E-state index contributed by atoms with van der Waals surface area (Å²) in [5.74, 6) is 0.627. The summed E-state index contributed by atoms with van der Waals surface area (Å²) in [6.45, 7) is 0. The molecule has 0 aliphatic heterocycles. The van der Waals surface area contributed by atoms with Crippen molar-refractivity contribution >= 4 is 10.0 Å². The second-order valence-corrected chi connectivity index (χ2v) is 5.52. The van der Waals surface area contributed by atoms with Crippen LogP contribution in [0.5, 0.6) is 5.75 Å². The molecular formula is C10H14N2O3S. The van der Waals surface area contributed by atoms with Gasteiger partial charge in [0, 0.05) is 12.1 Å². The first-order valence-corrected chi connectivity index (χ1v) is 6.43. The van der Waals surface area contributed by atoms with E-state index in [4.69, 9.17) is 10.5 Å². The number of ether oxygens (including phenoxy) is 1. The molecule has 0 aromatic heterocycles. The van der Waals surface area contributed by atoms with Crippen LogP contribution in [0, 0.1) is 0 Å². The standard InChI is InChI=1S/C10H14N2O3S/c1-15-7-2-4-8(5-3-7)16(13,14)12-10-6-9(10)11/h2-5,9-10,12H,6,11H2,1H3. The summed E-state index contributed by atoms with van der Waals surface area (Å²) in [7, 11) is -1.91. The van der Waals surface area contributed by atoms with Gasteiger partial charge in [0.2, 0.25) is 10.0 Å². The number of nitrogens with two attached hydrogens (primary N) is 1. The van der Waals surface area contributed by atoms with Gasteiger partial charge in [-0.25, -0.2) is 13.1 Å². The van der Waals surface area contributed by atoms with Crippen LogP contribution in [0.25, 0.3) is 0 Å². The van der Waals surface area contributed by atoms with Crippen LogP contribution < -0.4 is 15.2 Å². The largest absolute Gasteiger partial charge is 0.497 e. The summed E-state index contributed by atoms with van der Waals surface area (Å²) < 4.78 is 31.1. The van der Waals surface area contributed by atoms with Crippen LogP contribution in [-0.4, -0.2) is 27.6 Å². The van der Waals surface area contributed by atoms with Crippen LogP contribution in [0.4, 0.5) is 0 Å². The molecule has 2 rings (SSSR count). The topological polar surface area (TPSA) is 81.4 Å². The second-order valence-electron chi connectivity index (χ2n) is 3.80. The summed E-state index contributed by atoms with van der Waals surface area (Å²) in [6, 6.07) is 6.08. The Labute approximate surface area is 94.6 Å². The number of hydrogen-bond acceptors (Lipinski definition) is 4. The summed E-state index contributed by atoms with van der Waals surface area (Å²) in [6.07, 6.45) is 0.704. The Hall–Kier alpha value is -1.11. The maximum atomic E-state index is 11.8. The smallest absolute Gasteiger partial charge is 0.240 e. The van der Waals surface area contributed by atoms with Gasteiger partial charge in [-0.1, -0.05) is 0 Å². The molecular weight excluding hydrogens is 228 g/mol. The first kappa shape index (κ1) is 11.4. The van der Waals surface area contributed by atoms with Gasteiger partial charge >= 0.3 is 0 Å². The lowest BCUT2D eigenvalue weighted by Crippen LogP contribution is -2.29. The van der Waals surface area contributed by atoms with Crippen molar-refractivity contribution in [3.05, 3.63) is 24.3 Å². The van der Waals surface area contributed by atoms with Crippen LogP contribution in [-0.2, 0) is 10.0 Å². The van der Waals surface area contributed by atoms with E-state index in [1.54, 1.807) is 12.1 Å². The van der Waals surface area contributed by atoms with E-state index in [-0.39, 0.29) is 17.0 Å². The van der Waals surface area contributed by atoms with Crippen molar-refractivity contribution in [2.45, 2.75) is 23.4 Å². The van der Waals surface area contributed by atoms with Crippen molar-refractivity contribution in [1.82, 2.24) is 4.72 Å². The third-order valence-electron chi connectivity index (χ3n) is 2.52. The van der Waals surface area contributed by atoms with Crippen molar-refractivity contribution < 1.29 is 13.2 Å². The van der Waals surface area contributed by atoms with E-state index >= 15 is 0 Å². The molecule has 0 saturated heterocycles. The predicted octanol–water partition coefficient (Wildman–Crippen LogP) is 0.0731. The first-order chi connectivity index (χ1) is 7.53. The molecule has 0 amide bonds. The van der Waals surface area contributed by atoms with Crippen molar-refractivity contribution in [3.63, 3.8) is 0 Å². The van der Waals surface area contributed by atoms with Gasteiger partial charge in [0.15, 0.2) is 0 Å². The Morgan fingerprint density at radius 3 is 2.38 bits per heavy atom. The van der Waals surface area contributed by atoms with Crippen LogP contribution >= 0.6 is 0 Å². The maximum absolute atomic E-state index is 11.8. The first-order valence-electron chi connectivity index (χ1n) is 4.95. The molecule has 2 atom stereocenters. The molecule has 1 aromatic rings. The second kappa shape index (κ2) is 4.04. The molecule has 6 heteroatoms. The van der Waals surface area contributed by atoms with E-state index in [1.165, 1.54) is 19.2 Å². The summed E-state index contributed by atoms with van der Waals surface area (Å²) in [5.41, 5.74) is 5.55. The number of sulfonamides is 1. The van der Waals surface area contributed by atoms with Crippen LogP contribution in [0.2, 0.25) is 0 Å². The van der Waals surface area contributed by atoms with Gasteiger partial charge in [0.25, 0.3) is 0 Å². The van der Waals surface area contributed by atoms with Crippen molar-refractivity contribution in [3.8, 4) is 5.75 Å². The third kappa shape index (κ3) is 2.34. The number of rotatable bonds is 4. The minimum atomic E-state index is -3.44. The lowest BCUT2D eigenvalue weighted by molar-refractivity contribution is 0.414. The van der Waals surface area contributed by atoms with E-state index in [2.05, 4.69) is 4.72 Å². The molecule has 3 N–H and O–H groups in total. The molecule has 1 saturated carbocycles. The van der Waals surface area contributed by atoms with Gasteiger partial charge in [-0.2, -0.15) is 0 Å². The van der Waals surface area contributed by atoms with E-state index < -0.39 is 10.0 Å². The average Bonchev–Trinajstić information content (AvgIpc) is 2.93. The third-order valence-corrected chi connectivity index (χ3v) is 4.02. The molecule has 16 heavy (non-hydrogen) atoms. The molecule has 88 valence electrons. The zero-order valence-electron chi connectivity index (χ0n) is 8.88. The van der Waals surface area contributed by atoms with Crippen molar-refractivity contribution in [2.24, 2.45) is 5.73 Å². The fourth-order valence-corrected chi connectivity index (χ4v) is 2.67. The molecule has 0 radical (unpaired) electrons. The van der Waals surface area contributed by atoms with Gasteiger partial charge in [-0.15, -0.1) is 0 Å². The Kier molecular flexibility index (Phi) is 2.88. The van der Waals surface area contributed by atoms with E-state index in [0.717, 1.165) is 0 Å². The minimum Gasteiger partial charge on any atom is -0.497 e. The Balaban J connectivity index is 2.15. The van der Waals surface area contributed by atoms with Crippen LogP contribution in [0.1, 0.15) is 6.42 Å².